The Morgan fingerprint density at radius 2 is 1.05 bits per heavy atom. The molecule has 2 N–H and O–H groups in total. The van der Waals surface area contributed by atoms with E-state index in [1.54, 1.807) is 20.8 Å². The molecule has 2 fully saturated rings. The summed E-state index contributed by atoms with van der Waals surface area (Å²) in [5.74, 6) is 0.0964. The zero-order valence-electron chi connectivity index (χ0n) is 35.7. The van der Waals surface area contributed by atoms with Crippen molar-refractivity contribution in [1.29, 1.82) is 0 Å². The van der Waals surface area contributed by atoms with Crippen molar-refractivity contribution in [2.75, 3.05) is 68.8 Å². The van der Waals surface area contributed by atoms with Gasteiger partial charge in [0.15, 0.2) is 0 Å². The fraction of sp³-hybridized carbons (Fsp3) is 0.422. The minimum absolute atomic E-state index is 0. The third-order valence-electron chi connectivity index (χ3n) is 10.1. The molecule has 2 aliphatic heterocycles. The summed E-state index contributed by atoms with van der Waals surface area (Å²) >= 11 is 0. The van der Waals surface area contributed by atoms with E-state index in [0.29, 0.717) is 19.7 Å². The second-order valence-electron chi connectivity index (χ2n) is 14.2. The maximum Gasteiger partial charge on any atom is 0.302 e. The Balaban J connectivity index is 0.000000354. The van der Waals surface area contributed by atoms with Crippen molar-refractivity contribution in [3.05, 3.63) is 137 Å². The topological polar surface area (TPSA) is 174 Å². The third-order valence-corrected chi connectivity index (χ3v) is 10.1. The number of rotatable bonds is 12. The van der Waals surface area contributed by atoms with Gasteiger partial charge in [0.2, 0.25) is 11.8 Å². The number of benzene rings is 2. The summed E-state index contributed by atoms with van der Waals surface area (Å²) in [6.07, 6.45) is 7.60. The van der Waals surface area contributed by atoms with Crippen molar-refractivity contribution in [2.45, 2.75) is 66.5 Å². The first kappa shape index (κ1) is 50.8. The van der Waals surface area contributed by atoms with Gasteiger partial charge in [0, 0.05) is 116 Å². The van der Waals surface area contributed by atoms with Crippen LogP contribution in [0.5, 0.6) is 0 Å². The Kier molecular flexibility index (Phi) is 23.2. The van der Waals surface area contributed by atoms with Gasteiger partial charge in [-0.25, -0.2) is 0 Å². The molecule has 0 saturated carbocycles. The molecule has 4 aromatic rings. The van der Waals surface area contributed by atoms with Gasteiger partial charge in [0.1, 0.15) is 0 Å². The second-order valence-corrected chi connectivity index (χ2v) is 14.2. The summed E-state index contributed by atoms with van der Waals surface area (Å²) in [6.45, 7) is 14.4. The second kappa shape index (κ2) is 27.4. The number of pyridine rings is 2. The predicted octanol–water partition coefficient (Wildman–Crippen LogP) is 6.36. The van der Waals surface area contributed by atoms with E-state index in [2.05, 4.69) is 95.2 Å². The van der Waals surface area contributed by atoms with Crippen LogP contribution in [0.3, 0.4) is 0 Å². The minimum Gasteiger partial charge on any atom is -0.466 e. The molecule has 15 heteroatoms. The van der Waals surface area contributed by atoms with E-state index in [-0.39, 0.29) is 45.6 Å². The first-order chi connectivity index (χ1) is 28.1. The molecule has 0 spiro atoms. The Bertz CT molecular complexity index is 1910. The number of nitrogens with zero attached hydrogens (tertiary/aromatic N) is 9. The smallest absolute Gasteiger partial charge is 0.302 e. The molecule has 2 aromatic heterocycles. The number of nitrogens with two attached hydrogens (primary N) is 1. The first-order valence-electron chi connectivity index (χ1n) is 20.0. The van der Waals surface area contributed by atoms with E-state index in [1.165, 1.54) is 18.1 Å². The van der Waals surface area contributed by atoms with E-state index in [4.69, 9.17) is 11.3 Å². The molecule has 0 aliphatic carbocycles. The first-order valence-corrected chi connectivity index (χ1v) is 20.0. The number of anilines is 2. The van der Waals surface area contributed by atoms with Crippen LogP contribution in [0.25, 0.3) is 10.4 Å². The van der Waals surface area contributed by atoms with Crippen LogP contribution in [0, 0.1) is 7.43 Å². The SMILES string of the molecule is CC(=O)N1CCN(c2ccc(CCc3ccc(CN)cc3)nc2)CC1.CC(=O)N1CCN(c2ccc(CCc3ccc(CN=[N+]=[N-])cc3)nc2)CC1.CCOC(C)=O.[CH3-].[Pd]. The molecule has 2 amide bonds. The molecule has 0 bridgehead atoms. The van der Waals surface area contributed by atoms with E-state index in [9.17, 15) is 14.4 Å². The summed E-state index contributed by atoms with van der Waals surface area (Å²) < 4.78 is 4.40. The Morgan fingerprint density at radius 3 is 1.35 bits per heavy atom. The standard InChI is InChI=1S/C20H24N6O.C20H26N4O.C4H8O2.CH3.Pd/c1-16(27)25-10-12-26(13-11-25)20-9-8-19(22-15-20)7-6-17-2-4-18(5-3-17)14-23-24-21;1-16(25)23-10-12-24(13-11-23)20-9-8-19(22-15-20)7-6-17-2-4-18(14-21)5-3-17;1-3-6-4(2)5;;/h2-5,8-9,15H,6-7,10-14H2,1H3;2-5,8-9,15H,6-7,10-14,21H2,1H3;3H2,1-2H3;1H3;/q;;;-1;. The molecule has 326 valence electrons. The maximum atomic E-state index is 11.4. The van der Waals surface area contributed by atoms with Gasteiger partial charge in [0.25, 0.3) is 0 Å². The number of azide groups is 1. The zero-order valence-corrected chi connectivity index (χ0v) is 37.3. The molecular weight excluding hydrogens is 851 g/mol. The molecule has 2 aliphatic rings. The number of ether oxygens (including phenoxy) is 1. The van der Waals surface area contributed by atoms with E-state index >= 15 is 0 Å². The zero-order chi connectivity index (χ0) is 41.7. The fourth-order valence-electron chi connectivity index (χ4n) is 6.58. The Morgan fingerprint density at radius 1 is 0.650 bits per heavy atom. The molecule has 14 nitrogen and oxygen atoms in total. The largest absolute Gasteiger partial charge is 0.466 e. The molecule has 0 atom stereocenters. The summed E-state index contributed by atoms with van der Waals surface area (Å²) in [4.78, 5) is 53.0. The number of carbonyl (C=O) groups excluding carboxylic acids is 3. The van der Waals surface area contributed by atoms with Crippen LogP contribution in [0.2, 0.25) is 0 Å². The van der Waals surface area contributed by atoms with Crippen LogP contribution in [0.15, 0.2) is 90.3 Å². The number of piperazine rings is 2. The molecule has 6 rings (SSSR count). The van der Waals surface area contributed by atoms with Crippen molar-refractivity contribution in [2.24, 2.45) is 10.8 Å². The van der Waals surface area contributed by atoms with Gasteiger partial charge in [-0.2, -0.15) is 0 Å². The van der Waals surface area contributed by atoms with Crippen molar-refractivity contribution < 1.29 is 39.5 Å². The molecule has 4 heterocycles. The number of hydrogen-bond donors (Lipinski definition) is 1. The minimum atomic E-state index is -0.211. The van der Waals surface area contributed by atoms with Gasteiger partial charge in [-0.1, -0.05) is 53.6 Å². The Hall–Kier alpha value is -5.32. The summed E-state index contributed by atoms with van der Waals surface area (Å²) in [6, 6.07) is 25.1. The number of carbonyl (C=O) groups is 3. The molecule has 2 saturated heterocycles. The van der Waals surface area contributed by atoms with Gasteiger partial charge in [-0.3, -0.25) is 24.4 Å². The normalized spacial score (nSPS) is 13.2. The van der Waals surface area contributed by atoms with Gasteiger partial charge >= 0.3 is 5.97 Å². The maximum absolute atomic E-state index is 11.4. The van der Waals surface area contributed by atoms with Crippen LogP contribution in [0.1, 0.15) is 61.3 Å². The van der Waals surface area contributed by atoms with Crippen molar-refractivity contribution in [3.8, 4) is 0 Å². The number of esters is 1. The van der Waals surface area contributed by atoms with Gasteiger partial charge in [0.05, 0.1) is 36.9 Å². The summed E-state index contributed by atoms with van der Waals surface area (Å²) in [7, 11) is 0. The van der Waals surface area contributed by atoms with Crippen molar-refractivity contribution >= 4 is 29.2 Å². The number of aromatic nitrogens is 2. The van der Waals surface area contributed by atoms with Crippen LogP contribution in [0.4, 0.5) is 11.4 Å². The van der Waals surface area contributed by atoms with Crippen LogP contribution in [-0.2, 0) is 78.3 Å². The number of amides is 2. The van der Waals surface area contributed by atoms with Crippen molar-refractivity contribution in [3.63, 3.8) is 0 Å². The van der Waals surface area contributed by atoms with Gasteiger partial charge in [-0.15, -0.1) is 0 Å². The molecule has 0 unspecified atom stereocenters. The summed E-state index contributed by atoms with van der Waals surface area (Å²) in [5.41, 5.74) is 23.1. The monoisotopic (exact) mass is 911 g/mol. The average Bonchev–Trinajstić information content (AvgIpc) is 3.25. The van der Waals surface area contributed by atoms with E-state index < -0.39 is 0 Å². The third kappa shape index (κ3) is 17.5. The van der Waals surface area contributed by atoms with Crippen LogP contribution in [-0.4, -0.2) is 96.5 Å². The fourth-order valence-corrected chi connectivity index (χ4v) is 6.58. The molecule has 60 heavy (non-hydrogen) atoms. The number of hydrogen-bond acceptors (Lipinski definition) is 10. The van der Waals surface area contributed by atoms with Crippen LogP contribution < -0.4 is 15.5 Å². The van der Waals surface area contributed by atoms with Crippen LogP contribution >= 0.6 is 0 Å². The molecule has 2 aromatic carbocycles. The van der Waals surface area contributed by atoms with E-state index in [1.807, 2.05) is 34.3 Å². The summed E-state index contributed by atoms with van der Waals surface area (Å²) in [5, 5.41) is 3.57. The Labute approximate surface area is 369 Å². The molecule has 0 radical (unpaired) electrons. The van der Waals surface area contributed by atoms with Crippen molar-refractivity contribution in [1.82, 2.24) is 19.8 Å². The predicted molar refractivity (Wildman–Crippen MR) is 235 cm³/mol. The van der Waals surface area contributed by atoms with Gasteiger partial charge in [-0.05, 0) is 84.7 Å². The quantitative estimate of drug-likeness (QED) is 0.0424. The number of aryl methyl sites for hydroxylation is 4. The average molecular weight is 912 g/mol. The van der Waals surface area contributed by atoms with E-state index in [0.717, 1.165) is 112 Å². The van der Waals surface area contributed by atoms with Gasteiger partial charge < -0.3 is 37.5 Å². The molecular formula is C45H61N10O4Pd-.